The van der Waals surface area contributed by atoms with Gasteiger partial charge in [0.2, 0.25) is 0 Å². The number of likely N-dealkylation sites (N-methyl/N-ethyl adjacent to an activating group) is 1. The van der Waals surface area contributed by atoms with E-state index < -0.39 is 5.54 Å². The minimum atomic E-state index is -0.716. The van der Waals surface area contributed by atoms with Gasteiger partial charge in [-0.3, -0.25) is 9.69 Å². The van der Waals surface area contributed by atoms with E-state index in [4.69, 9.17) is 5.26 Å². The van der Waals surface area contributed by atoms with Crippen molar-refractivity contribution in [2.24, 2.45) is 0 Å². The van der Waals surface area contributed by atoms with Crippen molar-refractivity contribution in [3.05, 3.63) is 35.4 Å². The number of halogens is 1. The van der Waals surface area contributed by atoms with E-state index in [1.54, 1.807) is 17.0 Å². The zero-order valence-corrected chi connectivity index (χ0v) is 15.3. The molecule has 2 aliphatic heterocycles. The van der Waals surface area contributed by atoms with Gasteiger partial charge in [0.05, 0.1) is 11.6 Å². The number of nitriles is 1. The highest BCUT2D eigenvalue weighted by atomic mass is 79.9. The smallest absolute Gasteiger partial charge is 0.317 e. The van der Waals surface area contributed by atoms with Crippen LogP contribution in [0.2, 0.25) is 0 Å². The molecule has 1 aromatic carbocycles. The Kier molecular flexibility index (Phi) is 5.62. The Morgan fingerprint density at radius 3 is 2.38 bits per heavy atom. The van der Waals surface area contributed by atoms with Gasteiger partial charge in [-0.05, 0) is 50.6 Å². The minimum absolute atomic E-state index is 0. The first kappa shape index (κ1) is 18.4. The number of urea groups is 1. The van der Waals surface area contributed by atoms with Gasteiger partial charge in [-0.1, -0.05) is 12.1 Å². The average Bonchev–Trinajstić information content (AvgIpc) is 2.77. The van der Waals surface area contributed by atoms with E-state index in [-0.39, 0.29) is 28.9 Å². The third-order valence-corrected chi connectivity index (χ3v) is 4.79. The SMILES string of the molecule is Br.CCN1C(=O)N(Cc2ccc(C#N)cc2)C2(CCNCC2)C1=O. The molecule has 0 unspecified atom stereocenters. The molecule has 3 amide bonds. The highest BCUT2D eigenvalue weighted by molar-refractivity contribution is 8.93. The molecule has 24 heavy (non-hydrogen) atoms. The van der Waals surface area contributed by atoms with Gasteiger partial charge in [0, 0.05) is 13.1 Å². The van der Waals surface area contributed by atoms with Gasteiger partial charge in [0.25, 0.3) is 5.91 Å². The topological polar surface area (TPSA) is 76.4 Å². The Balaban J connectivity index is 0.00000208. The summed E-state index contributed by atoms with van der Waals surface area (Å²) in [6.07, 6.45) is 1.29. The van der Waals surface area contributed by atoms with E-state index in [2.05, 4.69) is 11.4 Å². The lowest BCUT2D eigenvalue weighted by atomic mass is 9.86. The number of piperidine rings is 1. The first-order chi connectivity index (χ1) is 11.1. The third-order valence-electron chi connectivity index (χ3n) is 4.79. The summed E-state index contributed by atoms with van der Waals surface area (Å²) in [4.78, 5) is 28.6. The summed E-state index contributed by atoms with van der Waals surface area (Å²) in [7, 11) is 0. The molecule has 2 heterocycles. The molecule has 2 saturated heterocycles. The second-order valence-electron chi connectivity index (χ2n) is 6.01. The van der Waals surface area contributed by atoms with Crippen LogP contribution in [0.25, 0.3) is 0 Å². The molecule has 2 aliphatic rings. The summed E-state index contributed by atoms with van der Waals surface area (Å²) in [5, 5.41) is 12.1. The lowest BCUT2D eigenvalue weighted by molar-refractivity contribution is -0.134. The second kappa shape index (κ2) is 7.32. The van der Waals surface area contributed by atoms with Gasteiger partial charge < -0.3 is 10.2 Å². The molecule has 7 heteroatoms. The van der Waals surface area contributed by atoms with Crippen molar-refractivity contribution in [3.63, 3.8) is 0 Å². The molecule has 0 atom stereocenters. The number of imide groups is 1. The average molecular weight is 393 g/mol. The predicted octanol–water partition coefficient (Wildman–Crippen LogP) is 2.04. The van der Waals surface area contributed by atoms with Crippen molar-refractivity contribution in [2.45, 2.75) is 31.8 Å². The Morgan fingerprint density at radius 2 is 1.83 bits per heavy atom. The van der Waals surface area contributed by atoms with Crippen molar-refractivity contribution < 1.29 is 9.59 Å². The normalized spacial score (nSPS) is 19.3. The lowest BCUT2D eigenvalue weighted by Gasteiger charge is -2.38. The molecule has 0 radical (unpaired) electrons. The van der Waals surface area contributed by atoms with Crippen LogP contribution in [0, 0.1) is 11.3 Å². The molecular formula is C17H21BrN4O2. The van der Waals surface area contributed by atoms with Gasteiger partial charge >= 0.3 is 6.03 Å². The van der Waals surface area contributed by atoms with Crippen molar-refractivity contribution in [1.29, 1.82) is 5.26 Å². The fraction of sp³-hybridized carbons (Fsp3) is 0.471. The summed E-state index contributed by atoms with van der Waals surface area (Å²) in [6, 6.07) is 9.06. The minimum Gasteiger partial charge on any atom is -0.317 e. The number of hydrogen-bond donors (Lipinski definition) is 1. The predicted molar refractivity (Wildman–Crippen MR) is 94.6 cm³/mol. The number of hydrogen-bond acceptors (Lipinski definition) is 4. The summed E-state index contributed by atoms with van der Waals surface area (Å²) in [5.41, 5.74) is 0.803. The number of carbonyl (C=O) groups is 2. The summed E-state index contributed by atoms with van der Waals surface area (Å²) >= 11 is 0. The van der Waals surface area contributed by atoms with Crippen molar-refractivity contribution >= 4 is 28.9 Å². The number of amides is 3. The molecule has 0 saturated carbocycles. The van der Waals surface area contributed by atoms with Gasteiger partial charge in [-0.15, -0.1) is 17.0 Å². The van der Waals surface area contributed by atoms with Gasteiger partial charge in [0.15, 0.2) is 0 Å². The van der Waals surface area contributed by atoms with Crippen LogP contribution in [0.15, 0.2) is 24.3 Å². The first-order valence-corrected chi connectivity index (χ1v) is 7.95. The van der Waals surface area contributed by atoms with Crippen LogP contribution in [0.3, 0.4) is 0 Å². The van der Waals surface area contributed by atoms with E-state index in [1.165, 1.54) is 4.90 Å². The molecule has 0 aromatic heterocycles. The summed E-state index contributed by atoms with van der Waals surface area (Å²) in [6.45, 7) is 4.10. The molecule has 2 fully saturated rings. The zero-order valence-electron chi connectivity index (χ0n) is 13.6. The summed E-state index contributed by atoms with van der Waals surface area (Å²) in [5.74, 6) is -0.0693. The molecule has 1 aromatic rings. The molecule has 0 bridgehead atoms. The maximum Gasteiger partial charge on any atom is 0.327 e. The molecule has 128 valence electrons. The van der Waals surface area contributed by atoms with E-state index in [9.17, 15) is 9.59 Å². The fourth-order valence-electron chi connectivity index (χ4n) is 3.47. The van der Waals surface area contributed by atoms with Crippen molar-refractivity contribution in [3.8, 4) is 6.07 Å². The molecule has 3 rings (SSSR count). The van der Waals surface area contributed by atoms with Crippen LogP contribution in [0.1, 0.15) is 30.9 Å². The maximum absolute atomic E-state index is 12.8. The number of carbonyl (C=O) groups excluding carboxylic acids is 2. The summed E-state index contributed by atoms with van der Waals surface area (Å²) < 4.78 is 0. The van der Waals surface area contributed by atoms with Crippen LogP contribution in [-0.4, -0.2) is 46.9 Å². The maximum atomic E-state index is 12.8. The van der Waals surface area contributed by atoms with Gasteiger partial charge in [0.1, 0.15) is 5.54 Å². The molecule has 6 nitrogen and oxygen atoms in total. The van der Waals surface area contributed by atoms with E-state index >= 15 is 0 Å². The van der Waals surface area contributed by atoms with Crippen LogP contribution in [0.5, 0.6) is 0 Å². The quantitative estimate of drug-likeness (QED) is 0.798. The number of rotatable bonds is 3. The number of nitrogens with zero attached hydrogens (tertiary/aromatic N) is 3. The van der Waals surface area contributed by atoms with E-state index in [0.29, 0.717) is 31.5 Å². The number of nitrogens with one attached hydrogen (secondary N) is 1. The first-order valence-electron chi connectivity index (χ1n) is 7.95. The van der Waals surface area contributed by atoms with E-state index in [0.717, 1.165) is 18.7 Å². The molecule has 1 N–H and O–H groups in total. The van der Waals surface area contributed by atoms with Gasteiger partial charge in [-0.25, -0.2) is 4.79 Å². The van der Waals surface area contributed by atoms with E-state index in [1.807, 2.05) is 19.1 Å². The Bertz CT molecular complexity index is 662. The Hall–Kier alpha value is -1.91. The monoisotopic (exact) mass is 392 g/mol. The number of benzene rings is 1. The Morgan fingerprint density at radius 1 is 1.21 bits per heavy atom. The fourth-order valence-corrected chi connectivity index (χ4v) is 3.47. The standard InChI is InChI=1S/C17H20N4O2.BrH/c1-2-20-15(22)17(7-9-19-10-8-17)21(16(20)23)12-14-5-3-13(11-18)4-6-14;/h3-6,19H,2,7-10,12H2,1H3;1H. The highest BCUT2D eigenvalue weighted by Gasteiger charge is 2.56. The molecular weight excluding hydrogens is 372 g/mol. The molecule has 1 spiro atoms. The molecule has 0 aliphatic carbocycles. The third kappa shape index (κ3) is 2.92. The lowest BCUT2D eigenvalue weighted by Crippen LogP contribution is -2.55. The highest BCUT2D eigenvalue weighted by Crippen LogP contribution is 2.36. The van der Waals surface area contributed by atoms with Crippen molar-refractivity contribution in [1.82, 2.24) is 15.1 Å². The second-order valence-corrected chi connectivity index (χ2v) is 6.01. The van der Waals surface area contributed by atoms with Gasteiger partial charge in [-0.2, -0.15) is 5.26 Å². The van der Waals surface area contributed by atoms with Crippen molar-refractivity contribution in [2.75, 3.05) is 19.6 Å². The van der Waals surface area contributed by atoms with Crippen LogP contribution in [-0.2, 0) is 11.3 Å². The largest absolute Gasteiger partial charge is 0.327 e. The Labute approximate surface area is 152 Å². The van der Waals surface area contributed by atoms with Crippen LogP contribution >= 0.6 is 17.0 Å². The van der Waals surface area contributed by atoms with Crippen LogP contribution in [0.4, 0.5) is 4.79 Å². The zero-order chi connectivity index (χ0) is 16.4. The van der Waals surface area contributed by atoms with Crippen LogP contribution < -0.4 is 5.32 Å².